The Kier molecular flexibility index (Phi) is 3.93. The van der Waals surface area contributed by atoms with Gasteiger partial charge in [-0.05, 0) is 30.3 Å². The molecule has 19 heavy (non-hydrogen) atoms. The topological polar surface area (TPSA) is 55.4 Å². The van der Waals surface area contributed by atoms with Crippen molar-refractivity contribution in [2.24, 2.45) is 0 Å². The normalized spacial score (nSPS) is 9.74. The summed E-state index contributed by atoms with van der Waals surface area (Å²) in [6.45, 7) is 0. The highest BCUT2D eigenvalue weighted by atomic mass is 16.5. The summed E-state index contributed by atoms with van der Waals surface area (Å²) in [7, 11) is 1.55. The maximum absolute atomic E-state index is 12.0. The van der Waals surface area contributed by atoms with E-state index in [4.69, 9.17) is 4.74 Å². The fourth-order valence-electron chi connectivity index (χ4n) is 1.66. The lowest BCUT2D eigenvalue weighted by molar-refractivity contribution is 0.102. The van der Waals surface area contributed by atoms with E-state index in [0.29, 0.717) is 22.6 Å². The highest BCUT2D eigenvalue weighted by molar-refractivity contribution is 6.04. The number of carbonyl (C=O) groups is 2. The molecule has 0 saturated carbocycles. The van der Waals surface area contributed by atoms with E-state index >= 15 is 0 Å². The number of hydrogen-bond donors (Lipinski definition) is 1. The lowest BCUT2D eigenvalue weighted by Gasteiger charge is -2.07. The van der Waals surface area contributed by atoms with Crippen molar-refractivity contribution in [3.8, 4) is 5.75 Å². The van der Waals surface area contributed by atoms with Crippen LogP contribution in [-0.2, 0) is 0 Å². The third-order valence-corrected chi connectivity index (χ3v) is 2.61. The second kappa shape index (κ2) is 5.82. The zero-order chi connectivity index (χ0) is 13.7. The highest BCUT2D eigenvalue weighted by Crippen LogP contribution is 2.15. The molecule has 4 nitrogen and oxygen atoms in total. The Morgan fingerprint density at radius 2 is 1.95 bits per heavy atom. The second-order valence-electron chi connectivity index (χ2n) is 3.93. The first kappa shape index (κ1) is 12.8. The number of aldehydes is 1. The molecule has 1 amide bonds. The van der Waals surface area contributed by atoms with Crippen LogP contribution in [0, 0.1) is 0 Å². The number of anilines is 1. The molecule has 0 aromatic heterocycles. The number of benzene rings is 2. The molecule has 0 spiro atoms. The summed E-state index contributed by atoms with van der Waals surface area (Å²) in [5.41, 5.74) is 1.59. The number of carbonyl (C=O) groups excluding carboxylic acids is 2. The van der Waals surface area contributed by atoms with E-state index in [9.17, 15) is 9.59 Å². The molecule has 0 aliphatic heterocycles. The summed E-state index contributed by atoms with van der Waals surface area (Å²) in [6, 6.07) is 13.6. The van der Waals surface area contributed by atoms with Crippen molar-refractivity contribution in [1.82, 2.24) is 0 Å². The van der Waals surface area contributed by atoms with Gasteiger partial charge >= 0.3 is 0 Å². The smallest absolute Gasteiger partial charge is 0.255 e. The van der Waals surface area contributed by atoms with Gasteiger partial charge in [-0.25, -0.2) is 0 Å². The third-order valence-electron chi connectivity index (χ3n) is 2.61. The Balaban J connectivity index is 2.17. The summed E-state index contributed by atoms with van der Waals surface area (Å²) in [4.78, 5) is 22.7. The Morgan fingerprint density at radius 1 is 1.16 bits per heavy atom. The van der Waals surface area contributed by atoms with E-state index in [2.05, 4.69) is 5.32 Å². The minimum atomic E-state index is -0.248. The quantitative estimate of drug-likeness (QED) is 0.855. The summed E-state index contributed by atoms with van der Waals surface area (Å²) in [6.07, 6.45) is 0.737. The number of methoxy groups -OCH3 is 1. The Bertz CT molecular complexity index is 608. The zero-order valence-electron chi connectivity index (χ0n) is 10.4. The van der Waals surface area contributed by atoms with Crippen molar-refractivity contribution in [1.29, 1.82) is 0 Å². The van der Waals surface area contributed by atoms with Crippen LogP contribution >= 0.6 is 0 Å². The van der Waals surface area contributed by atoms with Gasteiger partial charge in [0.05, 0.1) is 7.11 Å². The summed E-state index contributed by atoms with van der Waals surface area (Å²) < 4.78 is 5.07. The Hall–Kier alpha value is -2.62. The minimum Gasteiger partial charge on any atom is -0.497 e. The van der Waals surface area contributed by atoms with Crippen LogP contribution in [0.4, 0.5) is 5.69 Å². The first-order chi connectivity index (χ1) is 9.22. The van der Waals surface area contributed by atoms with Gasteiger partial charge in [-0.1, -0.05) is 18.2 Å². The molecule has 0 fully saturated rings. The van der Waals surface area contributed by atoms with Gasteiger partial charge in [0.25, 0.3) is 5.91 Å². The lowest BCUT2D eigenvalue weighted by Crippen LogP contribution is -2.12. The molecule has 0 aliphatic rings. The van der Waals surface area contributed by atoms with E-state index in [-0.39, 0.29) is 5.91 Å². The van der Waals surface area contributed by atoms with E-state index in [0.717, 1.165) is 6.29 Å². The van der Waals surface area contributed by atoms with Gasteiger partial charge in [-0.2, -0.15) is 0 Å². The molecule has 0 radical (unpaired) electrons. The van der Waals surface area contributed by atoms with Crippen LogP contribution in [0.15, 0.2) is 48.5 Å². The van der Waals surface area contributed by atoms with Crippen LogP contribution in [-0.4, -0.2) is 19.3 Å². The molecule has 96 valence electrons. The number of amides is 1. The van der Waals surface area contributed by atoms with Crippen molar-refractivity contribution in [3.05, 3.63) is 59.7 Å². The van der Waals surface area contributed by atoms with Crippen molar-refractivity contribution in [2.45, 2.75) is 0 Å². The van der Waals surface area contributed by atoms with Crippen molar-refractivity contribution >= 4 is 17.9 Å². The van der Waals surface area contributed by atoms with Crippen LogP contribution in [0.25, 0.3) is 0 Å². The summed E-state index contributed by atoms with van der Waals surface area (Å²) >= 11 is 0. The van der Waals surface area contributed by atoms with Gasteiger partial charge in [-0.15, -0.1) is 0 Å². The van der Waals surface area contributed by atoms with Crippen molar-refractivity contribution < 1.29 is 14.3 Å². The Labute approximate surface area is 111 Å². The van der Waals surface area contributed by atoms with Crippen LogP contribution in [0.2, 0.25) is 0 Å². The van der Waals surface area contributed by atoms with Crippen molar-refractivity contribution in [3.63, 3.8) is 0 Å². The van der Waals surface area contributed by atoms with E-state index < -0.39 is 0 Å². The first-order valence-corrected chi connectivity index (χ1v) is 5.73. The molecule has 2 aromatic rings. The minimum absolute atomic E-state index is 0.248. The van der Waals surface area contributed by atoms with Crippen LogP contribution in [0.1, 0.15) is 20.7 Å². The number of nitrogens with one attached hydrogen (secondary N) is 1. The first-order valence-electron chi connectivity index (χ1n) is 5.73. The average Bonchev–Trinajstić information content (AvgIpc) is 2.47. The molecule has 0 atom stereocenters. The maximum Gasteiger partial charge on any atom is 0.255 e. The van der Waals surface area contributed by atoms with Crippen LogP contribution in [0.3, 0.4) is 0 Å². The van der Waals surface area contributed by atoms with Crippen molar-refractivity contribution in [2.75, 3.05) is 12.4 Å². The molecular weight excluding hydrogens is 242 g/mol. The Morgan fingerprint density at radius 3 is 2.68 bits per heavy atom. The SMILES string of the molecule is COc1cccc(C(=O)Nc2cccc(C=O)c2)c1. The monoisotopic (exact) mass is 255 g/mol. The standard InChI is InChI=1S/C15H13NO3/c1-19-14-7-3-5-12(9-14)15(18)16-13-6-2-4-11(8-13)10-17/h2-10H,1H3,(H,16,18). The molecule has 2 aromatic carbocycles. The molecule has 2 rings (SSSR count). The number of ether oxygens (including phenoxy) is 1. The molecule has 0 saturated heterocycles. The molecule has 0 aliphatic carbocycles. The average molecular weight is 255 g/mol. The molecular formula is C15H13NO3. The van der Waals surface area contributed by atoms with Crippen LogP contribution < -0.4 is 10.1 Å². The van der Waals surface area contributed by atoms with Gasteiger partial charge in [0.2, 0.25) is 0 Å². The predicted molar refractivity (Wildman–Crippen MR) is 72.8 cm³/mol. The van der Waals surface area contributed by atoms with Gasteiger partial charge in [-0.3, -0.25) is 9.59 Å². The van der Waals surface area contributed by atoms with Crippen LogP contribution in [0.5, 0.6) is 5.75 Å². The molecule has 0 heterocycles. The fraction of sp³-hybridized carbons (Fsp3) is 0.0667. The van der Waals surface area contributed by atoms with E-state index in [1.165, 1.54) is 0 Å². The van der Waals surface area contributed by atoms with Gasteiger partial charge in [0.1, 0.15) is 12.0 Å². The third kappa shape index (κ3) is 3.19. The zero-order valence-corrected chi connectivity index (χ0v) is 10.4. The van der Waals surface area contributed by atoms with E-state index in [1.54, 1.807) is 55.6 Å². The largest absolute Gasteiger partial charge is 0.497 e. The van der Waals surface area contributed by atoms with Gasteiger partial charge < -0.3 is 10.1 Å². The molecule has 0 bridgehead atoms. The molecule has 1 N–H and O–H groups in total. The fourth-order valence-corrected chi connectivity index (χ4v) is 1.66. The summed E-state index contributed by atoms with van der Waals surface area (Å²) in [5.74, 6) is 0.372. The highest BCUT2D eigenvalue weighted by Gasteiger charge is 2.07. The number of hydrogen-bond acceptors (Lipinski definition) is 3. The number of rotatable bonds is 4. The summed E-state index contributed by atoms with van der Waals surface area (Å²) in [5, 5.41) is 2.73. The van der Waals surface area contributed by atoms with E-state index in [1.807, 2.05) is 0 Å². The maximum atomic E-state index is 12.0. The van der Waals surface area contributed by atoms with Gasteiger partial charge in [0, 0.05) is 16.8 Å². The second-order valence-corrected chi connectivity index (χ2v) is 3.93. The molecule has 0 unspecified atom stereocenters. The predicted octanol–water partition coefficient (Wildman–Crippen LogP) is 2.76. The lowest BCUT2D eigenvalue weighted by atomic mass is 10.2. The van der Waals surface area contributed by atoms with Gasteiger partial charge in [0.15, 0.2) is 0 Å². The molecule has 4 heteroatoms.